The van der Waals surface area contributed by atoms with Gasteiger partial charge in [0.25, 0.3) is 0 Å². The molecule has 164 valence electrons. The number of hydrogen-bond acceptors (Lipinski definition) is 5. The molecule has 8 nitrogen and oxygen atoms in total. The summed E-state index contributed by atoms with van der Waals surface area (Å²) in [6.07, 6.45) is 3.47. The molecule has 3 N–H and O–H groups in total. The smallest absolute Gasteiger partial charge is 0.246 e. The van der Waals surface area contributed by atoms with E-state index in [-0.39, 0.29) is 36.5 Å². The molecule has 3 saturated heterocycles. The van der Waals surface area contributed by atoms with E-state index in [1.165, 1.54) is 4.90 Å². The van der Waals surface area contributed by atoms with E-state index in [1.807, 2.05) is 13.8 Å². The Morgan fingerprint density at radius 1 is 1.28 bits per heavy atom. The third-order valence-corrected chi connectivity index (χ3v) is 6.69. The number of ether oxygens (including phenoxy) is 1. The highest BCUT2D eigenvalue weighted by Crippen LogP contribution is 2.58. The highest BCUT2D eigenvalue weighted by Gasteiger charge is 2.74. The molecule has 0 aromatic carbocycles. The second kappa shape index (κ2) is 8.60. The first kappa shape index (κ1) is 22.0. The standard InChI is InChI=1S/C21H35N3O5/c1-5-7-12(3)23-19(27)17-21-9-8-14(29-21)15(18(26)22-10-6-2)16(21)20(28)24(17)13(4)11-25/h12-17,25H,5-11H2,1-4H3,(H,22,26)(H,23,27)/t12?,13-,14-,15+,16+,17?,21?/m1/s1. The van der Waals surface area contributed by atoms with E-state index in [0.717, 1.165) is 19.3 Å². The van der Waals surface area contributed by atoms with Gasteiger partial charge in [0.2, 0.25) is 17.7 Å². The zero-order valence-electron chi connectivity index (χ0n) is 17.9. The summed E-state index contributed by atoms with van der Waals surface area (Å²) in [6.45, 7) is 8.00. The molecule has 3 fully saturated rings. The van der Waals surface area contributed by atoms with Crippen molar-refractivity contribution in [1.29, 1.82) is 0 Å². The van der Waals surface area contributed by atoms with Crippen LogP contribution in [-0.2, 0) is 19.1 Å². The average molecular weight is 410 g/mol. The van der Waals surface area contributed by atoms with Crippen LogP contribution in [0.15, 0.2) is 0 Å². The Kier molecular flexibility index (Phi) is 6.53. The molecule has 1 spiro atoms. The van der Waals surface area contributed by atoms with E-state index in [2.05, 4.69) is 17.6 Å². The fourth-order valence-electron chi connectivity index (χ4n) is 5.45. The lowest BCUT2D eigenvalue weighted by atomic mass is 9.70. The molecule has 0 saturated carbocycles. The van der Waals surface area contributed by atoms with Gasteiger partial charge in [0.05, 0.1) is 30.6 Å². The maximum Gasteiger partial charge on any atom is 0.246 e. The quantitative estimate of drug-likeness (QED) is 0.516. The van der Waals surface area contributed by atoms with Crippen molar-refractivity contribution in [3.8, 4) is 0 Å². The second-order valence-corrected chi connectivity index (χ2v) is 8.82. The summed E-state index contributed by atoms with van der Waals surface area (Å²) in [5.41, 5.74) is -0.991. The number of carbonyl (C=O) groups excluding carboxylic acids is 3. The van der Waals surface area contributed by atoms with E-state index in [0.29, 0.717) is 19.4 Å². The van der Waals surface area contributed by atoms with Crippen molar-refractivity contribution in [3.05, 3.63) is 0 Å². The maximum atomic E-state index is 13.5. The first-order valence-electron chi connectivity index (χ1n) is 11.0. The molecule has 3 amide bonds. The first-order chi connectivity index (χ1) is 13.8. The van der Waals surface area contributed by atoms with Crippen molar-refractivity contribution in [3.63, 3.8) is 0 Å². The first-order valence-corrected chi connectivity index (χ1v) is 11.0. The van der Waals surface area contributed by atoms with Gasteiger partial charge in [-0.05, 0) is 39.5 Å². The summed E-state index contributed by atoms with van der Waals surface area (Å²) in [5, 5.41) is 15.7. The molecule has 8 heteroatoms. The molecule has 0 radical (unpaired) electrons. The monoisotopic (exact) mass is 409 g/mol. The van der Waals surface area contributed by atoms with Gasteiger partial charge in [-0.3, -0.25) is 14.4 Å². The summed E-state index contributed by atoms with van der Waals surface area (Å²) in [4.78, 5) is 41.1. The van der Waals surface area contributed by atoms with Gasteiger partial charge in [-0.15, -0.1) is 0 Å². The number of aliphatic hydroxyl groups is 1. The Hall–Kier alpha value is -1.67. The van der Waals surface area contributed by atoms with E-state index in [1.54, 1.807) is 6.92 Å². The Morgan fingerprint density at radius 2 is 2.00 bits per heavy atom. The minimum atomic E-state index is -0.991. The number of rotatable bonds is 9. The Morgan fingerprint density at radius 3 is 2.62 bits per heavy atom. The predicted octanol–water partition coefficient (Wildman–Crippen LogP) is 0.573. The number of likely N-dealkylation sites (tertiary alicyclic amines) is 1. The predicted molar refractivity (Wildman–Crippen MR) is 107 cm³/mol. The van der Waals surface area contributed by atoms with E-state index in [4.69, 9.17) is 4.74 Å². The van der Waals surface area contributed by atoms with Gasteiger partial charge in [0, 0.05) is 12.6 Å². The van der Waals surface area contributed by atoms with Crippen molar-refractivity contribution < 1.29 is 24.2 Å². The van der Waals surface area contributed by atoms with E-state index >= 15 is 0 Å². The number of aliphatic hydroxyl groups excluding tert-OH is 1. The number of nitrogens with zero attached hydrogens (tertiary/aromatic N) is 1. The van der Waals surface area contributed by atoms with Crippen LogP contribution in [0.3, 0.4) is 0 Å². The summed E-state index contributed by atoms with van der Waals surface area (Å²) in [6, 6.07) is -1.37. The van der Waals surface area contributed by atoms with Crippen molar-refractivity contribution in [2.45, 2.75) is 89.6 Å². The number of fused-ring (bicyclic) bond motifs is 1. The van der Waals surface area contributed by atoms with Crippen LogP contribution in [0, 0.1) is 11.8 Å². The fourth-order valence-corrected chi connectivity index (χ4v) is 5.45. The zero-order valence-corrected chi connectivity index (χ0v) is 17.9. The molecule has 2 bridgehead atoms. The third-order valence-electron chi connectivity index (χ3n) is 6.69. The van der Waals surface area contributed by atoms with Gasteiger partial charge >= 0.3 is 0 Å². The van der Waals surface area contributed by atoms with Crippen molar-refractivity contribution in [2.75, 3.05) is 13.2 Å². The normalized spacial score (nSPS) is 34.8. The Labute approximate surface area is 172 Å². The largest absolute Gasteiger partial charge is 0.394 e. The van der Waals surface area contributed by atoms with Crippen LogP contribution in [0.4, 0.5) is 0 Å². The third kappa shape index (κ3) is 3.54. The molecule has 3 aliphatic rings. The highest BCUT2D eigenvalue weighted by molar-refractivity contribution is 5.99. The summed E-state index contributed by atoms with van der Waals surface area (Å²) in [5.74, 6) is -1.94. The van der Waals surface area contributed by atoms with E-state index < -0.39 is 29.5 Å². The topological polar surface area (TPSA) is 108 Å². The van der Waals surface area contributed by atoms with Crippen LogP contribution in [-0.4, -0.2) is 70.7 Å². The van der Waals surface area contributed by atoms with E-state index in [9.17, 15) is 19.5 Å². The molecule has 3 rings (SSSR count). The lowest BCUT2D eigenvalue weighted by Crippen LogP contribution is -2.58. The van der Waals surface area contributed by atoms with Crippen LogP contribution in [0.5, 0.6) is 0 Å². The minimum Gasteiger partial charge on any atom is -0.394 e. The van der Waals surface area contributed by atoms with Crippen LogP contribution < -0.4 is 10.6 Å². The summed E-state index contributed by atoms with van der Waals surface area (Å²) < 4.78 is 6.30. The molecule has 0 aromatic heterocycles. The van der Waals surface area contributed by atoms with Crippen molar-refractivity contribution >= 4 is 17.7 Å². The van der Waals surface area contributed by atoms with Gasteiger partial charge < -0.3 is 25.4 Å². The van der Waals surface area contributed by atoms with Gasteiger partial charge in [0.15, 0.2) is 0 Å². The molecule has 0 aliphatic carbocycles. The molecule has 3 aliphatic heterocycles. The van der Waals surface area contributed by atoms with Crippen LogP contribution in [0.25, 0.3) is 0 Å². The van der Waals surface area contributed by atoms with Crippen LogP contribution >= 0.6 is 0 Å². The number of nitrogens with one attached hydrogen (secondary N) is 2. The molecule has 7 atom stereocenters. The van der Waals surface area contributed by atoms with Gasteiger partial charge in [-0.1, -0.05) is 20.3 Å². The van der Waals surface area contributed by atoms with Gasteiger partial charge in [-0.2, -0.15) is 0 Å². The zero-order chi connectivity index (χ0) is 21.3. The summed E-state index contributed by atoms with van der Waals surface area (Å²) in [7, 11) is 0. The number of hydrogen-bond donors (Lipinski definition) is 3. The Bertz CT molecular complexity index is 656. The van der Waals surface area contributed by atoms with Crippen LogP contribution in [0.2, 0.25) is 0 Å². The second-order valence-electron chi connectivity index (χ2n) is 8.82. The van der Waals surface area contributed by atoms with Gasteiger partial charge in [-0.25, -0.2) is 0 Å². The number of carbonyl (C=O) groups is 3. The minimum absolute atomic E-state index is 0.0217. The van der Waals surface area contributed by atoms with Gasteiger partial charge in [0.1, 0.15) is 11.6 Å². The molecular formula is C21H35N3O5. The molecular weight excluding hydrogens is 374 g/mol. The fraction of sp³-hybridized carbons (Fsp3) is 0.857. The Balaban J connectivity index is 1.94. The lowest BCUT2D eigenvalue weighted by molar-refractivity contribution is -0.145. The molecule has 3 unspecified atom stereocenters. The maximum absolute atomic E-state index is 13.5. The summed E-state index contributed by atoms with van der Waals surface area (Å²) >= 11 is 0. The molecule has 0 aromatic rings. The van der Waals surface area contributed by atoms with Crippen molar-refractivity contribution in [1.82, 2.24) is 15.5 Å². The highest BCUT2D eigenvalue weighted by atomic mass is 16.5. The average Bonchev–Trinajstić information content (AvgIpc) is 3.32. The SMILES string of the molecule is CCCNC(=O)[C@@H]1[C@H]2C(=O)N([C@H](C)CO)C(C(=O)NC(C)CCC)C23CC[C@H]1O3. The van der Waals surface area contributed by atoms with Crippen molar-refractivity contribution in [2.24, 2.45) is 11.8 Å². The lowest BCUT2D eigenvalue weighted by Gasteiger charge is -2.36. The molecule has 29 heavy (non-hydrogen) atoms. The molecule has 3 heterocycles. The number of amides is 3. The van der Waals surface area contributed by atoms with Crippen LogP contribution in [0.1, 0.15) is 59.8 Å².